The Bertz CT molecular complexity index is 706. The van der Waals surface area contributed by atoms with Gasteiger partial charge in [-0.3, -0.25) is 14.9 Å². The first-order valence-corrected chi connectivity index (χ1v) is 7.47. The van der Waals surface area contributed by atoms with E-state index >= 15 is 0 Å². The summed E-state index contributed by atoms with van der Waals surface area (Å²) < 4.78 is 0. The number of halogens is 1. The van der Waals surface area contributed by atoms with Gasteiger partial charge in [-0.2, -0.15) is 0 Å². The van der Waals surface area contributed by atoms with Gasteiger partial charge < -0.3 is 10.4 Å². The van der Waals surface area contributed by atoms with Crippen LogP contribution in [0.15, 0.2) is 47.4 Å². The zero-order valence-electron chi connectivity index (χ0n) is 11.2. The number of benzene rings is 2. The number of nitro groups is 1. The van der Waals surface area contributed by atoms with Crippen molar-refractivity contribution in [2.75, 3.05) is 11.1 Å². The first kappa shape index (κ1) is 16.1. The molecule has 8 heteroatoms. The number of phenolic OH excluding ortho intramolecular Hbond substituents is 1. The third-order valence-corrected chi connectivity index (χ3v) is 3.91. The molecule has 2 aromatic rings. The van der Waals surface area contributed by atoms with Crippen molar-refractivity contribution in [3.8, 4) is 5.75 Å². The molecule has 2 N–H and O–H groups in total. The zero-order valence-corrected chi connectivity index (χ0v) is 12.7. The molecule has 0 aromatic heterocycles. The number of amides is 1. The zero-order chi connectivity index (χ0) is 16.1. The number of hydrogen-bond donors (Lipinski definition) is 2. The van der Waals surface area contributed by atoms with Crippen LogP contribution in [0.1, 0.15) is 0 Å². The molecule has 114 valence electrons. The molecule has 0 saturated carbocycles. The molecule has 0 unspecified atom stereocenters. The molecule has 0 atom stereocenters. The highest BCUT2D eigenvalue weighted by Gasteiger charge is 2.12. The van der Waals surface area contributed by atoms with Gasteiger partial charge in [0, 0.05) is 22.1 Å². The smallest absolute Gasteiger partial charge is 0.271 e. The molecule has 0 aliphatic carbocycles. The van der Waals surface area contributed by atoms with Crippen molar-refractivity contribution in [3.05, 3.63) is 57.6 Å². The number of carbonyl (C=O) groups is 1. The lowest BCUT2D eigenvalue weighted by atomic mass is 10.2. The minimum atomic E-state index is -0.600. The van der Waals surface area contributed by atoms with E-state index in [0.717, 1.165) is 17.0 Å². The van der Waals surface area contributed by atoms with Crippen molar-refractivity contribution in [2.24, 2.45) is 0 Å². The van der Waals surface area contributed by atoms with Crippen molar-refractivity contribution < 1.29 is 14.8 Å². The van der Waals surface area contributed by atoms with E-state index in [-0.39, 0.29) is 28.8 Å². The molecule has 22 heavy (non-hydrogen) atoms. The summed E-state index contributed by atoms with van der Waals surface area (Å²) in [6.45, 7) is 0. The summed E-state index contributed by atoms with van der Waals surface area (Å²) in [6, 6.07) is 10.4. The van der Waals surface area contributed by atoms with Gasteiger partial charge in [0.15, 0.2) is 0 Å². The molecule has 0 aliphatic rings. The lowest BCUT2D eigenvalue weighted by Crippen LogP contribution is -2.14. The van der Waals surface area contributed by atoms with Crippen LogP contribution in [0.2, 0.25) is 5.02 Å². The average Bonchev–Trinajstić information content (AvgIpc) is 2.48. The predicted octanol–water partition coefficient (Wildman–Crippen LogP) is 3.68. The number of anilines is 1. The first-order valence-electron chi connectivity index (χ1n) is 6.11. The van der Waals surface area contributed by atoms with E-state index < -0.39 is 4.92 Å². The van der Waals surface area contributed by atoms with E-state index in [1.54, 1.807) is 24.3 Å². The van der Waals surface area contributed by atoms with E-state index in [1.165, 1.54) is 17.8 Å². The predicted molar refractivity (Wildman–Crippen MR) is 85.6 cm³/mol. The van der Waals surface area contributed by atoms with Gasteiger partial charge in [0.1, 0.15) is 5.75 Å². The highest BCUT2D eigenvalue weighted by Crippen LogP contribution is 2.28. The summed E-state index contributed by atoms with van der Waals surface area (Å²) in [4.78, 5) is 22.8. The molecule has 0 spiro atoms. The fraction of sp³-hybridized carbons (Fsp3) is 0.0714. The number of nitrogens with zero attached hydrogens (tertiary/aromatic N) is 1. The Morgan fingerprint density at radius 1 is 1.27 bits per heavy atom. The van der Waals surface area contributed by atoms with Crippen LogP contribution in [-0.4, -0.2) is 21.7 Å². The molecule has 0 fully saturated rings. The van der Waals surface area contributed by atoms with E-state index in [1.807, 2.05) is 0 Å². The number of carbonyl (C=O) groups excluding carboxylic acids is 1. The van der Waals surface area contributed by atoms with Crippen LogP contribution in [0.4, 0.5) is 11.4 Å². The van der Waals surface area contributed by atoms with Crippen LogP contribution >= 0.6 is 23.4 Å². The normalized spacial score (nSPS) is 10.2. The Hall–Kier alpha value is -2.25. The largest absolute Gasteiger partial charge is 0.506 e. The van der Waals surface area contributed by atoms with Gasteiger partial charge >= 0.3 is 0 Å². The first-order chi connectivity index (χ1) is 10.5. The molecule has 0 aliphatic heterocycles. The number of nitrogens with one attached hydrogen (secondary N) is 1. The van der Waals surface area contributed by atoms with Gasteiger partial charge in [-0.05, 0) is 30.3 Å². The average molecular weight is 339 g/mol. The second-order valence-electron chi connectivity index (χ2n) is 4.25. The van der Waals surface area contributed by atoms with Crippen LogP contribution < -0.4 is 5.32 Å². The maximum atomic E-state index is 11.8. The number of thioether (sulfide) groups is 1. The molecule has 2 aromatic carbocycles. The van der Waals surface area contributed by atoms with E-state index in [0.29, 0.717) is 5.02 Å². The maximum Gasteiger partial charge on any atom is 0.271 e. The van der Waals surface area contributed by atoms with Crippen molar-refractivity contribution in [2.45, 2.75) is 4.90 Å². The van der Waals surface area contributed by atoms with Gasteiger partial charge in [0.25, 0.3) is 5.69 Å². The highest BCUT2D eigenvalue weighted by atomic mass is 35.5. The third kappa shape index (κ3) is 4.37. The van der Waals surface area contributed by atoms with E-state index in [4.69, 9.17) is 11.6 Å². The number of non-ortho nitro benzene ring substituents is 1. The molecular weight excluding hydrogens is 328 g/mol. The van der Waals surface area contributed by atoms with E-state index in [2.05, 4.69) is 5.32 Å². The highest BCUT2D eigenvalue weighted by molar-refractivity contribution is 8.00. The second-order valence-corrected chi connectivity index (χ2v) is 5.73. The molecule has 0 heterocycles. The van der Waals surface area contributed by atoms with Crippen molar-refractivity contribution in [1.82, 2.24) is 0 Å². The molecule has 2 rings (SSSR count). The van der Waals surface area contributed by atoms with Crippen LogP contribution in [0.3, 0.4) is 0 Å². The molecule has 6 nitrogen and oxygen atoms in total. The summed E-state index contributed by atoms with van der Waals surface area (Å²) in [6.07, 6.45) is 0. The van der Waals surface area contributed by atoms with Crippen LogP contribution in [0.25, 0.3) is 0 Å². The summed E-state index contributed by atoms with van der Waals surface area (Å²) in [5.74, 6) is -0.504. The Kier molecular flexibility index (Phi) is 5.24. The van der Waals surface area contributed by atoms with E-state index in [9.17, 15) is 20.0 Å². The van der Waals surface area contributed by atoms with Crippen molar-refractivity contribution in [1.29, 1.82) is 0 Å². The number of aromatic hydroxyl groups is 1. The lowest BCUT2D eigenvalue weighted by molar-refractivity contribution is -0.384. The van der Waals surface area contributed by atoms with Crippen LogP contribution in [-0.2, 0) is 4.79 Å². The number of rotatable bonds is 5. The summed E-state index contributed by atoms with van der Waals surface area (Å²) in [7, 11) is 0. The SMILES string of the molecule is O=C(CSc1ccc(Cl)cc1)Nc1cc([N+](=O)[O-])ccc1O. The van der Waals surface area contributed by atoms with Gasteiger partial charge in [0.05, 0.1) is 16.4 Å². The summed E-state index contributed by atoms with van der Waals surface area (Å²) >= 11 is 7.05. The second kappa shape index (κ2) is 7.15. The van der Waals surface area contributed by atoms with Crippen LogP contribution in [0, 0.1) is 10.1 Å². The molecule has 0 bridgehead atoms. The third-order valence-electron chi connectivity index (χ3n) is 2.65. The monoisotopic (exact) mass is 338 g/mol. The maximum absolute atomic E-state index is 11.8. The molecule has 0 radical (unpaired) electrons. The molecular formula is C14H11ClN2O4S. The fourth-order valence-electron chi connectivity index (χ4n) is 1.60. The van der Waals surface area contributed by atoms with Crippen molar-refractivity contribution >= 4 is 40.6 Å². The number of hydrogen-bond acceptors (Lipinski definition) is 5. The summed E-state index contributed by atoms with van der Waals surface area (Å²) in [5.41, 5.74) is -0.200. The van der Waals surface area contributed by atoms with Crippen molar-refractivity contribution in [3.63, 3.8) is 0 Å². The van der Waals surface area contributed by atoms with Gasteiger partial charge in [-0.25, -0.2) is 0 Å². The Morgan fingerprint density at radius 3 is 2.59 bits per heavy atom. The number of phenols is 1. The number of nitro benzene ring substituents is 1. The molecule has 1 amide bonds. The quantitative estimate of drug-likeness (QED) is 0.375. The minimum Gasteiger partial charge on any atom is -0.506 e. The topological polar surface area (TPSA) is 92.5 Å². The van der Waals surface area contributed by atoms with Gasteiger partial charge in [-0.1, -0.05) is 11.6 Å². The minimum absolute atomic E-state index is 0.0101. The fourth-order valence-corrected chi connectivity index (χ4v) is 2.43. The Balaban J connectivity index is 1.98. The Labute approximate surface area is 135 Å². The standard InChI is InChI=1S/C14H11ClN2O4S/c15-9-1-4-11(5-2-9)22-8-14(19)16-12-7-10(17(20)21)3-6-13(12)18/h1-7,18H,8H2,(H,16,19). The molecule has 0 saturated heterocycles. The lowest BCUT2D eigenvalue weighted by Gasteiger charge is -2.07. The summed E-state index contributed by atoms with van der Waals surface area (Å²) in [5, 5.41) is 23.4. The van der Waals surface area contributed by atoms with Gasteiger partial charge in [0.2, 0.25) is 5.91 Å². The Morgan fingerprint density at radius 2 is 1.95 bits per heavy atom. The van der Waals surface area contributed by atoms with Gasteiger partial charge in [-0.15, -0.1) is 11.8 Å². The van der Waals surface area contributed by atoms with Crippen LogP contribution in [0.5, 0.6) is 5.75 Å².